The maximum atomic E-state index is 11.6. The number of rotatable bonds is 8. The van der Waals surface area contributed by atoms with Gasteiger partial charge in [0.05, 0.1) is 0 Å². The van der Waals surface area contributed by atoms with Crippen molar-refractivity contribution in [2.75, 3.05) is 13.1 Å². The van der Waals surface area contributed by atoms with E-state index in [9.17, 15) is 14.7 Å². The fraction of sp³-hybridized carbons (Fsp3) is 0.778. The van der Waals surface area contributed by atoms with Gasteiger partial charge in [0, 0.05) is 24.6 Å². The van der Waals surface area contributed by atoms with E-state index in [2.05, 4.69) is 37.9 Å². The van der Waals surface area contributed by atoms with Gasteiger partial charge in [0.1, 0.15) is 0 Å². The molecule has 0 heterocycles. The molecule has 0 aromatic heterocycles. The molecule has 0 saturated carbocycles. The number of nitrogens with one attached hydrogen (secondary N) is 1. The average Bonchev–Trinajstić information content (AvgIpc) is 2.46. The summed E-state index contributed by atoms with van der Waals surface area (Å²) in [6.45, 7) is 11.9. The third-order valence-corrected chi connectivity index (χ3v) is 4.75. The van der Waals surface area contributed by atoms with Crippen molar-refractivity contribution in [1.82, 2.24) is 10.2 Å². The smallest absolute Gasteiger partial charge is 0.331 e. The van der Waals surface area contributed by atoms with Gasteiger partial charge in [-0.3, -0.25) is 4.79 Å². The molecule has 1 amide bonds. The third-order valence-electron chi connectivity index (χ3n) is 4.75. The van der Waals surface area contributed by atoms with Gasteiger partial charge in [0.2, 0.25) is 5.91 Å². The van der Waals surface area contributed by atoms with Gasteiger partial charge in [-0.1, -0.05) is 33.8 Å². The quantitative estimate of drug-likeness (QED) is 0.697. The van der Waals surface area contributed by atoms with Crippen LogP contribution in [0.1, 0.15) is 53.9 Å². The first kappa shape index (κ1) is 22.9. The first-order chi connectivity index (χ1) is 10.8. The molecule has 0 bridgehead atoms. The molecule has 0 aromatic rings. The first-order valence-corrected chi connectivity index (χ1v) is 8.73. The highest BCUT2D eigenvalue weighted by Crippen LogP contribution is 2.33. The summed E-state index contributed by atoms with van der Waals surface area (Å²) in [5, 5.41) is 12.5. The van der Waals surface area contributed by atoms with Gasteiger partial charge in [0.15, 0.2) is 0 Å². The highest BCUT2D eigenvalue weighted by atomic mass is 35.5. The number of carboxylic acids is 1. The highest BCUT2D eigenvalue weighted by molar-refractivity contribution is 5.86. The lowest BCUT2D eigenvalue weighted by atomic mass is 9.77. The molecule has 1 aliphatic carbocycles. The van der Waals surface area contributed by atoms with E-state index in [4.69, 9.17) is 0 Å². The lowest BCUT2D eigenvalue weighted by Crippen LogP contribution is -2.52. The van der Waals surface area contributed by atoms with E-state index in [0.717, 1.165) is 19.5 Å². The Hall–Kier alpha value is -1.07. The van der Waals surface area contributed by atoms with E-state index >= 15 is 0 Å². The van der Waals surface area contributed by atoms with Crippen molar-refractivity contribution in [3.63, 3.8) is 0 Å². The van der Waals surface area contributed by atoms with Gasteiger partial charge < -0.3 is 15.3 Å². The Bertz CT molecular complexity index is 448. The van der Waals surface area contributed by atoms with Crippen LogP contribution >= 0.6 is 12.4 Å². The van der Waals surface area contributed by atoms with Crippen molar-refractivity contribution < 1.29 is 14.7 Å². The van der Waals surface area contributed by atoms with E-state index < -0.39 is 5.97 Å². The van der Waals surface area contributed by atoms with Crippen molar-refractivity contribution in [2.45, 2.75) is 66.0 Å². The molecule has 6 heteroatoms. The van der Waals surface area contributed by atoms with E-state index in [1.807, 2.05) is 6.08 Å². The second kappa shape index (κ2) is 10.7. The number of hydrogen-bond donors (Lipinski definition) is 2. The third kappa shape index (κ3) is 6.44. The lowest BCUT2D eigenvalue weighted by molar-refractivity contribution is -0.133. The molecule has 0 unspecified atom stereocenters. The summed E-state index contributed by atoms with van der Waals surface area (Å²) in [7, 11) is 0. The largest absolute Gasteiger partial charge is 0.478 e. The number of aliphatic carboxylic acids is 1. The normalized spacial score (nSPS) is 21.9. The van der Waals surface area contributed by atoms with E-state index in [-0.39, 0.29) is 36.3 Å². The van der Waals surface area contributed by atoms with Crippen LogP contribution in [0.4, 0.5) is 0 Å². The molecule has 2 N–H and O–H groups in total. The van der Waals surface area contributed by atoms with Crippen LogP contribution in [-0.2, 0) is 9.59 Å². The molecule has 0 aliphatic heterocycles. The van der Waals surface area contributed by atoms with Crippen LogP contribution in [0, 0.1) is 11.8 Å². The van der Waals surface area contributed by atoms with E-state index in [0.29, 0.717) is 24.3 Å². The number of allylic oxidation sites excluding steroid dienone is 1. The van der Waals surface area contributed by atoms with Crippen LogP contribution in [0.2, 0.25) is 0 Å². The van der Waals surface area contributed by atoms with Gasteiger partial charge in [-0.05, 0) is 44.2 Å². The molecular formula is C18H33ClN2O3. The molecule has 0 radical (unpaired) electrons. The Labute approximate surface area is 152 Å². The Morgan fingerprint density at radius 3 is 2.33 bits per heavy atom. The molecule has 0 aromatic carbocycles. The maximum absolute atomic E-state index is 11.6. The average molecular weight is 361 g/mol. The van der Waals surface area contributed by atoms with Crippen molar-refractivity contribution >= 4 is 24.3 Å². The van der Waals surface area contributed by atoms with Crippen molar-refractivity contribution in [3.05, 3.63) is 11.6 Å². The van der Waals surface area contributed by atoms with Crippen LogP contribution < -0.4 is 5.32 Å². The lowest BCUT2D eigenvalue weighted by Gasteiger charge is -2.42. The summed E-state index contributed by atoms with van der Waals surface area (Å²) < 4.78 is 0. The second-order valence-corrected chi connectivity index (χ2v) is 6.86. The van der Waals surface area contributed by atoms with Crippen LogP contribution in [0.15, 0.2) is 11.6 Å². The number of halogens is 1. The molecule has 0 spiro atoms. The summed E-state index contributed by atoms with van der Waals surface area (Å²) in [5.74, 6) is -0.0964. The number of hydrogen-bond acceptors (Lipinski definition) is 3. The Balaban J connectivity index is 0.00000529. The zero-order valence-electron chi connectivity index (χ0n) is 15.5. The number of carbonyl (C=O) groups excluding carboxylic acids is 1. The first-order valence-electron chi connectivity index (χ1n) is 8.73. The molecule has 0 saturated heterocycles. The number of amides is 1. The standard InChI is InChI=1S/C18H32N2O3.ClH/c1-6-20(7-2)17-11-14(18(22)23)8-9-15(17)16(10-12(3)4)19-13(5)21;/h8,12,15-17H,6-7,9-11H2,1-5H3,(H,19,21)(H,22,23);1H/t15-,16-,17-;/m0./s1. The predicted molar refractivity (Wildman–Crippen MR) is 99.5 cm³/mol. The minimum atomic E-state index is -0.819. The number of carbonyl (C=O) groups is 2. The van der Waals surface area contributed by atoms with E-state index in [1.165, 1.54) is 0 Å². The summed E-state index contributed by atoms with van der Waals surface area (Å²) >= 11 is 0. The van der Waals surface area contributed by atoms with Crippen molar-refractivity contribution in [3.8, 4) is 0 Å². The molecule has 5 nitrogen and oxygen atoms in total. The van der Waals surface area contributed by atoms with Crippen LogP contribution in [-0.4, -0.2) is 47.1 Å². The van der Waals surface area contributed by atoms with E-state index in [1.54, 1.807) is 6.92 Å². The molecule has 1 aliphatic rings. The molecule has 24 heavy (non-hydrogen) atoms. The fourth-order valence-electron chi connectivity index (χ4n) is 3.70. The minimum absolute atomic E-state index is 0. The number of carboxylic acid groups (broad SMARTS) is 1. The van der Waals surface area contributed by atoms with Gasteiger partial charge in [-0.2, -0.15) is 0 Å². The molecule has 140 valence electrons. The molecule has 0 fully saturated rings. The topological polar surface area (TPSA) is 69.6 Å². The zero-order valence-corrected chi connectivity index (χ0v) is 16.4. The van der Waals surface area contributed by atoms with Gasteiger partial charge in [0.25, 0.3) is 0 Å². The minimum Gasteiger partial charge on any atom is -0.478 e. The predicted octanol–water partition coefficient (Wildman–Crippen LogP) is 3.09. The molecule has 1 rings (SSSR count). The van der Waals surface area contributed by atoms with Crippen LogP contribution in [0.25, 0.3) is 0 Å². The summed E-state index contributed by atoms with van der Waals surface area (Å²) in [5.41, 5.74) is 0.504. The SMILES string of the molecule is CCN(CC)[C@H]1CC(C(=O)O)=CC[C@H]1[C@H](CC(C)C)NC(C)=O.Cl. The monoisotopic (exact) mass is 360 g/mol. The van der Waals surface area contributed by atoms with Crippen LogP contribution in [0.5, 0.6) is 0 Å². The van der Waals surface area contributed by atoms with Crippen molar-refractivity contribution in [1.29, 1.82) is 0 Å². The van der Waals surface area contributed by atoms with Crippen LogP contribution in [0.3, 0.4) is 0 Å². The number of nitrogens with zero attached hydrogens (tertiary/aromatic N) is 1. The van der Waals surface area contributed by atoms with Crippen molar-refractivity contribution in [2.24, 2.45) is 11.8 Å². The Kier molecular flexibility index (Phi) is 10.2. The van der Waals surface area contributed by atoms with Gasteiger partial charge >= 0.3 is 5.97 Å². The fourth-order valence-corrected chi connectivity index (χ4v) is 3.70. The Morgan fingerprint density at radius 1 is 1.33 bits per heavy atom. The summed E-state index contributed by atoms with van der Waals surface area (Å²) in [6, 6.07) is 0.251. The second-order valence-electron chi connectivity index (χ2n) is 6.86. The Morgan fingerprint density at radius 2 is 1.92 bits per heavy atom. The van der Waals surface area contributed by atoms with Gasteiger partial charge in [-0.25, -0.2) is 4.79 Å². The molecule has 3 atom stereocenters. The molecular weight excluding hydrogens is 328 g/mol. The van der Waals surface area contributed by atoms with Gasteiger partial charge in [-0.15, -0.1) is 12.4 Å². The highest BCUT2D eigenvalue weighted by Gasteiger charge is 2.36. The summed E-state index contributed by atoms with van der Waals surface area (Å²) in [4.78, 5) is 25.3. The zero-order chi connectivity index (χ0) is 17.6. The summed E-state index contributed by atoms with van der Waals surface area (Å²) in [6.07, 6.45) is 4.02. The maximum Gasteiger partial charge on any atom is 0.331 e.